The van der Waals surface area contributed by atoms with Crippen LogP contribution in [0.1, 0.15) is 25.7 Å². The van der Waals surface area contributed by atoms with Crippen molar-refractivity contribution < 1.29 is 0 Å². The first-order chi connectivity index (χ1) is 9.25. The summed E-state index contributed by atoms with van der Waals surface area (Å²) >= 11 is 0. The molecule has 0 saturated heterocycles. The molecule has 19 heavy (non-hydrogen) atoms. The van der Waals surface area contributed by atoms with E-state index in [0.717, 1.165) is 0 Å². The number of aromatic nitrogens is 3. The zero-order valence-corrected chi connectivity index (χ0v) is 11.1. The molecular formula is C14H18N4O. The Kier molecular flexibility index (Phi) is 3.29. The van der Waals surface area contributed by atoms with E-state index in [1.165, 1.54) is 30.4 Å². The van der Waals surface area contributed by atoms with E-state index in [2.05, 4.69) is 22.3 Å². The Hall–Kier alpha value is -1.75. The molecule has 5 nitrogen and oxygen atoms in total. The number of hydrogen-bond donors (Lipinski definition) is 0. The van der Waals surface area contributed by atoms with Gasteiger partial charge < -0.3 is 0 Å². The second-order valence-electron chi connectivity index (χ2n) is 5.25. The van der Waals surface area contributed by atoms with Crippen LogP contribution in [0.15, 0.2) is 29.1 Å². The Morgan fingerprint density at radius 3 is 2.84 bits per heavy atom. The zero-order valence-electron chi connectivity index (χ0n) is 11.1. The standard InChI is InChI=1S/C14H18N4O/c1-17(11-6-2-3-7-11)10-18-14(19)12-8-4-5-9-13(12)15-16-18/h4-5,8-9,11H,2-3,6-7,10H2,1H3. The van der Waals surface area contributed by atoms with Gasteiger partial charge in [-0.3, -0.25) is 9.69 Å². The van der Waals surface area contributed by atoms with E-state index in [1.54, 1.807) is 6.07 Å². The fourth-order valence-electron chi connectivity index (χ4n) is 2.79. The summed E-state index contributed by atoms with van der Waals surface area (Å²) in [7, 11) is 2.05. The average Bonchev–Trinajstić information content (AvgIpc) is 2.96. The van der Waals surface area contributed by atoms with E-state index in [-0.39, 0.29) is 5.56 Å². The SMILES string of the molecule is CN(Cn1nnc2ccccc2c1=O)C1CCCC1. The van der Waals surface area contributed by atoms with Crippen LogP contribution in [0, 0.1) is 0 Å². The molecule has 2 aromatic rings. The predicted molar refractivity (Wildman–Crippen MR) is 73.8 cm³/mol. The molecule has 0 aliphatic heterocycles. The molecule has 1 aliphatic carbocycles. The highest BCUT2D eigenvalue weighted by molar-refractivity contribution is 5.76. The van der Waals surface area contributed by atoms with Crippen molar-refractivity contribution in [2.24, 2.45) is 0 Å². The molecule has 100 valence electrons. The average molecular weight is 258 g/mol. The molecular weight excluding hydrogens is 240 g/mol. The van der Waals surface area contributed by atoms with Gasteiger partial charge in [-0.25, -0.2) is 0 Å². The van der Waals surface area contributed by atoms with Gasteiger partial charge >= 0.3 is 0 Å². The van der Waals surface area contributed by atoms with Crippen LogP contribution in [0.25, 0.3) is 10.9 Å². The molecule has 0 radical (unpaired) electrons. The second kappa shape index (κ2) is 5.09. The Morgan fingerprint density at radius 2 is 2.05 bits per heavy atom. The summed E-state index contributed by atoms with van der Waals surface area (Å²) in [6.45, 7) is 0.515. The number of nitrogens with zero attached hydrogens (tertiary/aromatic N) is 4. The summed E-state index contributed by atoms with van der Waals surface area (Å²) in [5, 5.41) is 8.77. The molecule has 0 unspecified atom stereocenters. The lowest BCUT2D eigenvalue weighted by atomic mass is 10.2. The minimum atomic E-state index is -0.0598. The van der Waals surface area contributed by atoms with Gasteiger partial charge in [0.2, 0.25) is 0 Å². The first kappa shape index (κ1) is 12.3. The molecule has 0 spiro atoms. The molecule has 1 aromatic heterocycles. The molecule has 1 aliphatic rings. The largest absolute Gasteiger partial charge is 0.284 e. The Bertz CT molecular complexity index is 631. The molecule has 1 fully saturated rings. The van der Waals surface area contributed by atoms with Crippen LogP contribution in [0.5, 0.6) is 0 Å². The van der Waals surface area contributed by atoms with Crippen LogP contribution >= 0.6 is 0 Å². The second-order valence-corrected chi connectivity index (χ2v) is 5.25. The summed E-state index contributed by atoms with van der Waals surface area (Å²) in [5.74, 6) is 0. The topological polar surface area (TPSA) is 51.0 Å². The highest BCUT2D eigenvalue weighted by Crippen LogP contribution is 2.22. The van der Waals surface area contributed by atoms with Crippen LogP contribution in [-0.4, -0.2) is 33.0 Å². The maximum Gasteiger partial charge on any atom is 0.278 e. The van der Waals surface area contributed by atoms with Crippen LogP contribution < -0.4 is 5.56 Å². The summed E-state index contributed by atoms with van der Waals surface area (Å²) < 4.78 is 1.46. The van der Waals surface area contributed by atoms with E-state index in [4.69, 9.17) is 0 Å². The zero-order chi connectivity index (χ0) is 13.2. The first-order valence-corrected chi connectivity index (χ1v) is 6.78. The maximum absolute atomic E-state index is 12.3. The molecule has 1 saturated carbocycles. The molecule has 5 heteroatoms. The van der Waals surface area contributed by atoms with E-state index in [0.29, 0.717) is 23.6 Å². The number of hydrogen-bond acceptors (Lipinski definition) is 4. The third-order valence-corrected chi connectivity index (χ3v) is 3.93. The van der Waals surface area contributed by atoms with Crippen LogP contribution in [0.2, 0.25) is 0 Å². The normalized spacial score (nSPS) is 16.5. The number of rotatable bonds is 3. The Labute approximate surface area is 111 Å². The number of fused-ring (bicyclic) bond motifs is 1. The van der Waals surface area contributed by atoms with Crippen molar-refractivity contribution in [2.45, 2.75) is 38.4 Å². The first-order valence-electron chi connectivity index (χ1n) is 6.78. The highest BCUT2D eigenvalue weighted by atomic mass is 16.1. The molecule has 3 rings (SSSR count). The summed E-state index contributed by atoms with van der Waals surface area (Å²) in [5.41, 5.74) is 0.600. The van der Waals surface area contributed by atoms with Crippen LogP contribution in [0.4, 0.5) is 0 Å². The van der Waals surface area contributed by atoms with Crippen molar-refractivity contribution in [3.8, 4) is 0 Å². The van der Waals surface area contributed by atoms with Crippen molar-refractivity contribution in [3.05, 3.63) is 34.6 Å². The molecule has 0 amide bonds. The van der Waals surface area contributed by atoms with Gasteiger partial charge in [0.15, 0.2) is 0 Å². The molecule has 1 aromatic carbocycles. The third kappa shape index (κ3) is 2.38. The summed E-state index contributed by atoms with van der Waals surface area (Å²) in [6, 6.07) is 7.91. The fourth-order valence-corrected chi connectivity index (χ4v) is 2.79. The van der Waals surface area contributed by atoms with Crippen molar-refractivity contribution in [3.63, 3.8) is 0 Å². The fraction of sp³-hybridized carbons (Fsp3) is 0.500. The molecule has 0 bridgehead atoms. The van der Waals surface area contributed by atoms with Gasteiger partial charge in [-0.2, -0.15) is 4.68 Å². The van der Waals surface area contributed by atoms with Crippen molar-refractivity contribution in [1.82, 2.24) is 19.9 Å². The quantitative estimate of drug-likeness (QED) is 0.839. The Balaban J connectivity index is 1.88. The van der Waals surface area contributed by atoms with Gasteiger partial charge in [0, 0.05) is 6.04 Å². The predicted octanol–water partition coefficient (Wildman–Crippen LogP) is 1.62. The minimum Gasteiger partial charge on any atom is -0.284 e. The van der Waals surface area contributed by atoms with Gasteiger partial charge in [0.05, 0.1) is 12.1 Å². The lowest BCUT2D eigenvalue weighted by molar-refractivity contribution is 0.179. The van der Waals surface area contributed by atoms with Crippen molar-refractivity contribution >= 4 is 10.9 Å². The molecule has 0 atom stereocenters. The maximum atomic E-state index is 12.3. The van der Waals surface area contributed by atoms with Gasteiger partial charge in [0.1, 0.15) is 5.52 Å². The van der Waals surface area contributed by atoms with Crippen molar-refractivity contribution in [2.75, 3.05) is 7.05 Å². The van der Waals surface area contributed by atoms with E-state index in [1.807, 2.05) is 18.2 Å². The Morgan fingerprint density at radius 1 is 1.32 bits per heavy atom. The molecule has 0 N–H and O–H groups in total. The minimum absolute atomic E-state index is 0.0598. The smallest absolute Gasteiger partial charge is 0.278 e. The third-order valence-electron chi connectivity index (χ3n) is 3.93. The van der Waals surface area contributed by atoms with Gasteiger partial charge in [-0.15, -0.1) is 5.10 Å². The van der Waals surface area contributed by atoms with Gasteiger partial charge in [0.25, 0.3) is 5.56 Å². The van der Waals surface area contributed by atoms with Crippen LogP contribution in [0.3, 0.4) is 0 Å². The number of benzene rings is 1. The van der Waals surface area contributed by atoms with Crippen molar-refractivity contribution in [1.29, 1.82) is 0 Å². The van der Waals surface area contributed by atoms with E-state index < -0.39 is 0 Å². The van der Waals surface area contributed by atoms with E-state index >= 15 is 0 Å². The highest BCUT2D eigenvalue weighted by Gasteiger charge is 2.20. The lowest BCUT2D eigenvalue weighted by Crippen LogP contribution is -2.37. The van der Waals surface area contributed by atoms with Gasteiger partial charge in [-0.05, 0) is 32.0 Å². The monoisotopic (exact) mass is 258 g/mol. The molecule has 1 heterocycles. The van der Waals surface area contributed by atoms with Gasteiger partial charge in [-0.1, -0.05) is 30.2 Å². The lowest BCUT2D eigenvalue weighted by Gasteiger charge is -2.23. The summed E-state index contributed by atoms with van der Waals surface area (Å²) in [4.78, 5) is 14.5. The van der Waals surface area contributed by atoms with Crippen LogP contribution in [-0.2, 0) is 6.67 Å². The summed E-state index contributed by atoms with van der Waals surface area (Å²) in [6.07, 6.45) is 5.00. The van der Waals surface area contributed by atoms with E-state index in [9.17, 15) is 4.79 Å².